The Morgan fingerprint density at radius 1 is 1.14 bits per heavy atom. The van der Waals surface area contributed by atoms with Crippen LogP contribution < -0.4 is 16.0 Å². The molecule has 0 spiro atoms. The zero-order valence-electron chi connectivity index (χ0n) is 13.4. The first-order chi connectivity index (χ1) is 9.85. The normalized spacial score (nSPS) is 11.9. The lowest BCUT2D eigenvalue weighted by Crippen LogP contribution is -2.46. The molecule has 0 saturated carbocycles. The fraction of sp³-hybridized carbons (Fsp3) is 0.500. The third-order valence-corrected chi connectivity index (χ3v) is 2.96. The van der Waals surface area contributed by atoms with Gasteiger partial charge >= 0.3 is 0 Å². The predicted molar refractivity (Wildman–Crippen MR) is 85.5 cm³/mol. The summed E-state index contributed by atoms with van der Waals surface area (Å²) in [5.41, 5.74) is 2.41. The molecule has 116 valence electrons. The largest absolute Gasteiger partial charge is 0.385 e. The molecule has 0 bridgehead atoms. The zero-order chi connectivity index (χ0) is 16.0. The Balaban J connectivity index is 2.82. The van der Waals surface area contributed by atoms with Crippen LogP contribution in [0.2, 0.25) is 0 Å². The van der Waals surface area contributed by atoms with Crippen molar-refractivity contribution < 1.29 is 9.59 Å². The van der Waals surface area contributed by atoms with Gasteiger partial charge in [-0.15, -0.1) is 0 Å². The van der Waals surface area contributed by atoms with E-state index in [2.05, 4.69) is 16.0 Å². The number of hydrogen-bond acceptors (Lipinski definition) is 3. The number of amides is 2. The van der Waals surface area contributed by atoms with Gasteiger partial charge in [0.05, 0.1) is 5.56 Å². The lowest BCUT2D eigenvalue weighted by atomic mass is 10.1. The second-order valence-corrected chi connectivity index (χ2v) is 5.44. The molecule has 0 fully saturated rings. The fourth-order valence-electron chi connectivity index (χ4n) is 1.94. The Bertz CT molecular complexity index is 512. The van der Waals surface area contributed by atoms with Gasteiger partial charge in [0.1, 0.15) is 6.04 Å². The molecule has 21 heavy (non-hydrogen) atoms. The van der Waals surface area contributed by atoms with Crippen molar-refractivity contribution in [1.29, 1.82) is 0 Å². The van der Waals surface area contributed by atoms with Gasteiger partial charge in [0.25, 0.3) is 5.91 Å². The van der Waals surface area contributed by atoms with Crippen LogP contribution in [-0.4, -0.2) is 30.4 Å². The smallest absolute Gasteiger partial charge is 0.254 e. The quantitative estimate of drug-likeness (QED) is 0.751. The van der Waals surface area contributed by atoms with Crippen molar-refractivity contribution in [3.63, 3.8) is 0 Å². The molecule has 0 radical (unpaired) electrons. The summed E-state index contributed by atoms with van der Waals surface area (Å²) in [5.74, 6) is -0.437. The van der Waals surface area contributed by atoms with Gasteiger partial charge in [-0.3, -0.25) is 9.59 Å². The molecule has 1 aromatic rings. The Hall–Kier alpha value is -2.04. The average Bonchev–Trinajstić information content (AvgIpc) is 2.38. The van der Waals surface area contributed by atoms with Crippen molar-refractivity contribution in [1.82, 2.24) is 10.6 Å². The molecule has 5 heteroatoms. The highest BCUT2D eigenvalue weighted by molar-refractivity contribution is 6.01. The monoisotopic (exact) mass is 291 g/mol. The van der Waals surface area contributed by atoms with Gasteiger partial charge in [0.15, 0.2) is 0 Å². The maximum atomic E-state index is 12.3. The van der Waals surface area contributed by atoms with Crippen LogP contribution in [0.3, 0.4) is 0 Å². The Morgan fingerprint density at radius 2 is 1.81 bits per heavy atom. The molecule has 0 aromatic heterocycles. The van der Waals surface area contributed by atoms with Crippen molar-refractivity contribution in [2.75, 3.05) is 11.9 Å². The molecule has 1 aromatic carbocycles. The van der Waals surface area contributed by atoms with Crippen LogP contribution in [0.4, 0.5) is 5.69 Å². The van der Waals surface area contributed by atoms with E-state index in [4.69, 9.17) is 0 Å². The van der Waals surface area contributed by atoms with Gasteiger partial charge in [-0.25, -0.2) is 0 Å². The molecule has 3 N–H and O–H groups in total. The average molecular weight is 291 g/mol. The van der Waals surface area contributed by atoms with Crippen LogP contribution in [0.25, 0.3) is 0 Å². The van der Waals surface area contributed by atoms with E-state index in [1.165, 1.54) is 0 Å². The maximum Gasteiger partial charge on any atom is 0.254 e. The van der Waals surface area contributed by atoms with E-state index >= 15 is 0 Å². The topological polar surface area (TPSA) is 70.2 Å². The summed E-state index contributed by atoms with van der Waals surface area (Å²) < 4.78 is 0. The van der Waals surface area contributed by atoms with Gasteiger partial charge < -0.3 is 16.0 Å². The van der Waals surface area contributed by atoms with Crippen LogP contribution in [0, 0.1) is 6.92 Å². The summed E-state index contributed by atoms with van der Waals surface area (Å²) in [4.78, 5) is 24.2. The Labute approximate surface area is 126 Å². The molecule has 0 aliphatic rings. The van der Waals surface area contributed by atoms with Crippen molar-refractivity contribution in [3.05, 3.63) is 29.3 Å². The highest BCUT2D eigenvalue weighted by Gasteiger charge is 2.18. The number of anilines is 1. The van der Waals surface area contributed by atoms with Crippen molar-refractivity contribution in [2.45, 2.75) is 46.7 Å². The number of carbonyl (C=O) groups is 2. The van der Waals surface area contributed by atoms with Gasteiger partial charge in [0, 0.05) is 18.3 Å². The first-order valence-corrected chi connectivity index (χ1v) is 7.31. The molecule has 0 aliphatic heterocycles. The van der Waals surface area contributed by atoms with E-state index in [9.17, 15) is 9.59 Å². The van der Waals surface area contributed by atoms with E-state index in [1.54, 1.807) is 13.0 Å². The number of nitrogens with one attached hydrogen (secondary N) is 3. The minimum Gasteiger partial charge on any atom is -0.385 e. The SMILES string of the molecule is CCNc1cc(C)ccc1C(=O)NC(C)C(=O)NC(C)C. The summed E-state index contributed by atoms with van der Waals surface area (Å²) in [5, 5.41) is 8.68. The third kappa shape index (κ3) is 5.10. The molecular formula is C16H25N3O2. The molecule has 0 heterocycles. The first-order valence-electron chi connectivity index (χ1n) is 7.31. The predicted octanol–water partition coefficient (Wildman–Crippen LogP) is 2.07. The highest BCUT2D eigenvalue weighted by atomic mass is 16.2. The van der Waals surface area contributed by atoms with Gasteiger partial charge in [0.2, 0.25) is 5.91 Å². The summed E-state index contributed by atoms with van der Waals surface area (Å²) in [6.07, 6.45) is 0. The lowest BCUT2D eigenvalue weighted by Gasteiger charge is -2.17. The van der Waals surface area contributed by atoms with E-state index in [0.717, 1.165) is 17.8 Å². The summed E-state index contributed by atoms with van der Waals surface area (Å²) in [6, 6.07) is 5.06. The number of benzene rings is 1. The zero-order valence-corrected chi connectivity index (χ0v) is 13.4. The molecule has 5 nitrogen and oxygen atoms in total. The molecule has 2 amide bonds. The summed E-state index contributed by atoms with van der Waals surface area (Å²) >= 11 is 0. The van der Waals surface area contributed by atoms with Crippen LogP contribution in [0.5, 0.6) is 0 Å². The highest BCUT2D eigenvalue weighted by Crippen LogP contribution is 2.17. The molecular weight excluding hydrogens is 266 g/mol. The van der Waals surface area contributed by atoms with Crippen LogP contribution in [0.1, 0.15) is 43.6 Å². The van der Waals surface area contributed by atoms with Gasteiger partial charge in [-0.2, -0.15) is 0 Å². The van der Waals surface area contributed by atoms with E-state index < -0.39 is 6.04 Å². The first kappa shape index (κ1) is 17.0. The molecule has 1 atom stereocenters. The Kier molecular flexibility index (Phi) is 6.21. The second kappa shape index (κ2) is 7.67. The minimum absolute atomic E-state index is 0.0496. The van der Waals surface area contributed by atoms with Gasteiger partial charge in [-0.1, -0.05) is 6.07 Å². The van der Waals surface area contributed by atoms with Gasteiger partial charge in [-0.05, 0) is 52.3 Å². The van der Waals surface area contributed by atoms with Crippen molar-refractivity contribution >= 4 is 17.5 Å². The number of aryl methyl sites for hydroxylation is 1. The van der Waals surface area contributed by atoms with E-state index in [-0.39, 0.29) is 17.9 Å². The number of carbonyl (C=O) groups excluding carboxylic acids is 2. The molecule has 1 rings (SSSR count). The minimum atomic E-state index is -0.573. The molecule has 1 unspecified atom stereocenters. The third-order valence-electron chi connectivity index (χ3n) is 2.96. The van der Waals surface area contributed by atoms with E-state index in [1.807, 2.05) is 39.8 Å². The van der Waals surface area contributed by atoms with Crippen molar-refractivity contribution in [2.24, 2.45) is 0 Å². The van der Waals surface area contributed by atoms with E-state index in [0.29, 0.717) is 5.56 Å². The van der Waals surface area contributed by atoms with Crippen LogP contribution in [0.15, 0.2) is 18.2 Å². The fourth-order valence-corrected chi connectivity index (χ4v) is 1.94. The van der Waals surface area contributed by atoms with Crippen LogP contribution in [-0.2, 0) is 4.79 Å². The number of rotatable bonds is 6. The maximum absolute atomic E-state index is 12.3. The molecule has 0 aliphatic carbocycles. The standard InChI is InChI=1S/C16H25N3O2/c1-6-17-14-9-11(4)7-8-13(14)16(21)19-12(5)15(20)18-10(2)3/h7-10,12,17H,6H2,1-5H3,(H,18,20)(H,19,21). The summed E-state index contributed by atoms with van der Waals surface area (Å²) in [6.45, 7) is 10.1. The van der Waals surface area contributed by atoms with Crippen molar-refractivity contribution in [3.8, 4) is 0 Å². The number of hydrogen-bond donors (Lipinski definition) is 3. The Morgan fingerprint density at radius 3 is 2.38 bits per heavy atom. The lowest BCUT2D eigenvalue weighted by molar-refractivity contribution is -0.123. The van der Waals surface area contributed by atoms with Crippen LogP contribution >= 0.6 is 0 Å². The second-order valence-electron chi connectivity index (χ2n) is 5.44. The summed E-state index contributed by atoms with van der Waals surface area (Å²) in [7, 11) is 0. The molecule has 0 saturated heterocycles.